The van der Waals surface area contributed by atoms with E-state index in [1.54, 1.807) is 18.2 Å². The molecule has 0 aromatic heterocycles. The van der Waals surface area contributed by atoms with Crippen LogP contribution in [0, 0.1) is 12.7 Å². The highest BCUT2D eigenvalue weighted by atomic mass is 35.5. The Morgan fingerprint density at radius 2 is 2.00 bits per heavy atom. The molecule has 0 atom stereocenters. The lowest BCUT2D eigenvalue weighted by Crippen LogP contribution is -2.15. The normalized spacial score (nSPS) is 10.3. The van der Waals surface area contributed by atoms with Gasteiger partial charge < -0.3 is 11.1 Å². The van der Waals surface area contributed by atoms with Gasteiger partial charge in [0.15, 0.2) is 0 Å². The quantitative estimate of drug-likeness (QED) is 0.824. The molecule has 19 heavy (non-hydrogen) atoms. The number of anilines is 2. The molecule has 2 aromatic rings. The van der Waals surface area contributed by atoms with Crippen molar-refractivity contribution in [3.05, 3.63) is 58.4 Å². The van der Waals surface area contributed by atoms with Crippen LogP contribution in [0.1, 0.15) is 15.9 Å². The summed E-state index contributed by atoms with van der Waals surface area (Å²) in [6.07, 6.45) is 0. The average molecular weight is 279 g/mol. The van der Waals surface area contributed by atoms with Crippen molar-refractivity contribution in [3.8, 4) is 0 Å². The third-order valence-electron chi connectivity index (χ3n) is 2.63. The van der Waals surface area contributed by atoms with E-state index >= 15 is 0 Å². The number of rotatable bonds is 2. The molecular formula is C14H12ClFN2O. The molecule has 0 heterocycles. The number of carbonyl (C=O) groups excluding carboxylic acids is 1. The maximum absolute atomic E-state index is 13.5. The molecule has 0 fully saturated rings. The number of hydrogen-bond acceptors (Lipinski definition) is 2. The minimum atomic E-state index is -0.494. The van der Waals surface area contributed by atoms with E-state index in [1.807, 2.05) is 6.92 Å². The van der Waals surface area contributed by atoms with Crippen molar-refractivity contribution in [1.82, 2.24) is 0 Å². The smallest absolute Gasteiger partial charge is 0.257 e. The molecule has 2 aromatic carbocycles. The van der Waals surface area contributed by atoms with Crippen molar-refractivity contribution in [2.24, 2.45) is 0 Å². The number of nitrogens with two attached hydrogens (primary N) is 1. The second kappa shape index (κ2) is 5.28. The lowest BCUT2D eigenvalue weighted by molar-refractivity contribution is 0.102. The van der Waals surface area contributed by atoms with Gasteiger partial charge in [-0.2, -0.15) is 0 Å². The number of nitrogen functional groups attached to an aromatic ring is 1. The van der Waals surface area contributed by atoms with Crippen LogP contribution in [-0.2, 0) is 0 Å². The van der Waals surface area contributed by atoms with E-state index in [-0.39, 0.29) is 16.9 Å². The predicted molar refractivity (Wildman–Crippen MR) is 75.0 cm³/mol. The highest BCUT2D eigenvalue weighted by Crippen LogP contribution is 2.21. The molecule has 3 nitrogen and oxygen atoms in total. The lowest BCUT2D eigenvalue weighted by Gasteiger charge is -2.09. The van der Waals surface area contributed by atoms with Gasteiger partial charge in [-0.15, -0.1) is 0 Å². The summed E-state index contributed by atoms with van der Waals surface area (Å²) in [5, 5.41) is 2.93. The number of nitrogens with one attached hydrogen (secondary N) is 1. The third kappa shape index (κ3) is 3.03. The topological polar surface area (TPSA) is 55.1 Å². The highest BCUT2D eigenvalue weighted by Gasteiger charge is 2.12. The molecule has 0 saturated carbocycles. The van der Waals surface area contributed by atoms with Gasteiger partial charge >= 0.3 is 0 Å². The van der Waals surface area contributed by atoms with Crippen LogP contribution < -0.4 is 11.1 Å². The Morgan fingerprint density at radius 3 is 2.68 bits per heavy atom. The van der Waals surface area contributed by atoms with Crippen molar-refractivity contribution in [2.45, 2.75) is 6.92 Å². The molecule has 5 heteroatoms. The van der Waals surface area contributed by atoms with Gasteiger partial charge in [0.2, 0.25) is 0 Å². The minimum absolute atomic E-state index is 0.124. The lowest BCUT2D eigenvalue weighted by atomic mass is 10.1. The van der Waals surface area contributed by atoms with Crippen LogP contribution in [0.4, 0.5) is 15.8 Å². The van der Waals surface area contributed by atoms with Crippen molar-refractivity contribution in [3.63, 3.8) is 0 Å². The van der Waals surface area contributed by atoms with Gasteiger partial charge in [-0.1, -0.05) is 17.7 Å². The van der Waals surface area contributed by atoms with Crippen LogP contribution in [-0.4, -0.2) is 5.91 Å². The Bertz CT molecular complexity index is 643. The highest BCUT2D eigenvalue weighted by molar-refractivity contribution is 6.31. The van der Waals surface area contributed by atoms with E-state index < -0.39 is 11.7 Å². The van der Waals surface area contributed by atoms with Crippen molar-refractivity contribution >= 4 is 28.9 Å². The van der Waals surface area contributed by atoms with Crippen molar-refractivity contribution in [1.29, 1.82) is 0 Å². The fourth-order valence-electron chi connectivity index (χ4n) is 1.66. The molecule has 0 bridgehead atoms. The number of benzene rings is 2. The minimum Gasteiger partial charge on any atom is -0.398 e. The van der Waals surface area contributed by atoms with Gasteiger partial charge in [0.1, 0.15) is 5.82 Å². The van der Waals surface area contributed by atoms with Gasteiger partial charge in [-0.05, 0) is 42.8 Å². The molecule has 0 aliphatic heterocycles. The van der Waals surface area contributed by atoms with Gasteiger partial charge in [-0.25, -0.2) is 4.39 Å². The molecule has 0 spiro atoms. The SMILES string of the molecule is Cc1ccc(F)c(NC(=O)c2ccc(Cl)cc2N)c1. The van der Waals surface area contributed by atoms with Crippen molar-refractivity contribution in [2.75, 3.05) is 11.1 Å². The number of carbonyl (C=O) groups is 1. The second-order valence-corrected chi connectivity index (χ2v) is 4.61. The van der Waals surface area contributed by atoms with E-state index in [0.717, 1.165) is 5.56 Å². The zero-order chi connectivity index (χ0) is 14.0. The zero-order valence-electron chi connectivity index (χ0n) is 10.2. The van der Waals surface area contributed by atoms with Crippen LogP contribution in [0.2, 0.25) is 5.02 Å². The summed E-state index contributed by atoms with van der Waals surface area (Å²) >= 11 is 5.76. The molecule has 0 radical (unpaired) electrons. The molecular weight excluding hydrogens is 267 g/mol. The molecule has 3 N–H and O–H groups in total. The first-order valence-corrected chi connectivity index (χ1v) is 5.97. The van der Waals surface area contributed by atoms with Gasteiger partial charge in [-0.3, -0.25) is 4.79 Å². The molecule has 0 aliphatic carbocycles. The van der Waals surface area contributed by atoms with E-state index in [1.165, 1.54) is 18.2 Å². The Labute approximate surface area is 115 Å². The van der Waals surface area contributed by atoms with Gasteiger partial charge in [0, 0.05) is 10.7 Å². The molecule has 2 rings (SSSR count). The number of amides is 1. The zero-order valence-corrected chi connectivity index (χ0v) is 11.0. The summed E-state index contributed by atoms with van der Waals surface area (Å²) in [5.74, 6) is -0.967. The second-order valence-electron chi connectivity index (χ2n) is 4.17. The van der Waals surface area contributed by atoms with Crippen LogP contribution >= 0.6 is 11.6 Å². The van der Waals surface area contributed by atoms with Crippen LogP contribution in [0.25, 0.3) is 0 Å². The maximum Gasteiger partial charge on any atom is 0.257 e. The number of aryl methyl sites for hydroxylation is 1. The van der Waals surface area contributed by atoms with Crippen molar-refractivity contribution < 1.29 is 9.18 Å². The fraction of sp³-hybridized carbons (Fsp3) is 0.0714. The van der Waals surface area contributed by atoms with Crippen LogP contribution in [0.3, 0.4) is 0 Å². The molecule has 0 aliphatic rings. The van der Waals surface area contributed by atoms with E-state index in [2.05, 4.69) is 5.32 Å². The monoisotopic (exact) mass is 278 g/mol. The summed E-state index contributed by atoms with van der Waals surface area (Å²) in [4.78, 5) is 12.0. The first-order valence-electron chi connectivity index (χ1n) is 5.60. The number of halogens is 2. The first-order chi connectivity index (χ1) is 8.97. The molecule has 0 unspecified atom stereocenters. The maximum atomic E-state index is 13.5. The molecule has 98 valence electrons. The van der Waals surface area contributed by atoms with Gasteiger partial charge in [0.05, 0.1) is 11.3 Å². The van der Waals surface area contributed by atoms with E-state index in [9.17, 15) is 9.18 Å². The Hall–Kier alpha value is -2.07. The molecule has 1 amide bonds. The van der Waals surface area contributed by atoms with E-state index in [0.29, 0.717) is 5.02 Å². The Balaban J connectivity index is 2.28. The summed E-state index contributed by atoms with van der Waals surface area (Å²) in [5.41, 5.74) is 7.18. The number of hydrogen-bond donors (Lipinski definition) is 2. The first kappa shape index (κ1) is 13.4. The largest absolute Gasteiger partial charge is 0.398 e. The summed E-state index contributed by atoms with van der Waals surface area (Å²) in [6, 6.07) is 9.01. The summed E-state index contributed by atoms with van der Waals surface area (Å²) < 4.78 is 13.5. The summed E-state index contributed by atoms with van der Waals surface area (Å²) in [7, 11) is 0. The Kier molecular flexibility index (Phi) is 3.71. The van der Waals surface area contributed by atoms with Crippen LogP contribution in [0.15, 0.2) is 36.4 Å². The third-order valence-corrected chi connectivity index (χ3v) is 2.86. The summed E-state index contributed by atoms with van der Waals surface area (Å²) in [6.45, 7) is 1.81. The van der Waals surface area contributed by atoms with E-state index in [4.69, 9.17) is 17.3 Å². The van der Waals surface area contributed by atoms with Gasteiger partial charge in [0.25, 0.3) is 5.91 Å². The average Bonchev–Trinajstić information content (AvgIpc) is 2.33. The Morgan fingerprint density at radius 1 is 1.26 bits per heavy atom. The molecule has 0 saturated heterocycles. The standard InChI is InChI=1S/C14H12ClFN2O/c1-8-2-5-11(16)13(6-8)18-14(19)10-4-3-9(15)7-12(10)17/h2-7H,17H2,1H3,(H,18,19). The predicted octanol–water partition coefficient (Wildman–Crippen LogP) is 3.62. The fourth-order valence-corrected chi connectivity index (χ4v) is 1.85. The van der Waals surface area contributed by atoms with Crippen LogP contribution in [0.5, 0.6) is 0 Å².